The van der Waals surface area contributed by atoms with Gasteiger partial charge in [0.25, 0.3) is 11.8 Å². The van der Waals surface area contributed by atoms with Gasteiger partial charge in [-0.25, -0.2) is 0 Å². The standard InChI is InChI=1S/C26H23ClN2O3S/c1-29-21-15-19(25(30)28-14-13-17-7-10-20(27)11-8-17)9-12-23(21)33-24(26(29)31)16-18-5-3-4-6-22(18)32-2/h3-12,15-16H,13-14H2,1-2H3,(H,28,30). The summed E-state index contributed by atoms with van der Waals surface area (Å²) in [5.74, 6) is 0.407. The molecule has 0 fully saturated rings. The lowest BCUT2D eigenvalue weighted by Crippen LogP contribution is -2.31. The quantitative estimate of drug-likeness (QED) is 0.480. The van der Waals surface area contributed by atoms with Gasteiger partial charge in [-0.15, -0.1) is 0 Å². The van der Waals surface area contributed by atoms with Crippen molar-refractivity contribution in [2.24, 2.45) is 0 Å². The number of carbonyl (C=O) groups excluding carboxylic acids is 2. The van der Waals surface area contributed by atoms with Crippen LogP contribution in [0.25, 0.3) is 6.08 Å². The molecule has 1 aliphatic heterocycles. The van der Waals surface area contributed by atoms with Gasteiger partial charge in [-0.3, -0.25) is 9.59 Å². The van der Waals surface area contributed by atoms with Gasteiger partial charge in [0, 0.05) is 34.6 Å². The Bertz CT molecular complexity index is 1220. The molecule has 3 aromatic carbocycles. The lowest BCUT2D eigenvalue weighted by atomic mass is 10.1. The minimum atomic E-state index is -0.173. The Morgan fingerprint density at radius 3 is 2.64 bits per heavy atom. The number of halogens is 1. The number of carbonyl (C=O) groups is 2. The summed E-state index contributed by atoms with van der Waals surface area (Å²) in [6, 6.07) is 20.6. The van der Waals surface area contributed by atoms with E-state index in [1.807, 2.05) is 60.7 Å². The first-order chi connectivity index (χ1) is 16.0. The average Bonchev–Trinajstić information content (AvgIpc) is 2.83. The number of fused-ring (bicyclic) bond motifs is 1. The van der Waals surface area contributed by atoms with Gasteiger partial charge in [-0.1, -0.05) is 53.7 Å². The molecule has 1 aliphatic rings. The molecular weight excluding hydrogens is 456 g/mol. The Kier molecular flexibility index (Phi) is 7.06. The molecule has 0 aromatic heterocycles. The number of rotatable bonds is 6. The monoisotopic (exact) mass is 478 g/mol. The van der Waals surface area contributed by atoms with Gasteiger partial charge in [0.1, 0.15) is 5.75 Å². The third kappa shape index (κ3) is 5.24. The number of amides is 2. The summed E-state index contributed by atoms with van der Waals surface area (Å²) in [4.78, 5) is 28.8. The van der Waals surface area contributed by atoms with Crippen LogP contribution in [-0.4, -0.2) is 32.5 Å². The zero-order valence-electron chi connectivity index (χ0n) is 18.3. The molecule has 0 saturated carbocycles. The van der Waals surface area contributed by atoms with Crippen molar-refractivity contribution in [2.45, 2.75) is 11.3 Å². The SMILES string of the molecule is COc1ccccc1C=C1Sc2ccc(C(=O)NCCc3ccc(Cl)cc3)cc2N(C)C1=O. The molecule has 0 unspecified atom stereocenters. The minimum absolute atomic E-state index is 0.126. The summed E-state index contributed by atoms with van der Waals surface area (Å²) in [5.41, 5.74) is 3.17. The van der Waals surface area contributed by atoms with Crippen LogP contribution in [0.2, 0.25) is 5.02 Å². The molecule has 7 heteroatoms. The van der Waals surface area contributed by atoms with E-state index in [0.29, 0.717) is 39.9 Å². The largest absolute Gasteiger partial charge is 0.496 e. The smallest absolute Gasteiger partial charge is 0.264 e. The van der Waals surface area contributed by atoms with Crippen molar-refractivity contribution in [3.05, 3.63) is 93.3 Å². The third-order valence-electron chi connectivity index (χ3n) is 5.36. The summed E-state index contributed by atoms with van der Waals surface area (Å²) in [6.45, 7) is 0.507. The average molecular weight is 479 g/mol. The molecule has 0 spiro atoms. The summed E-state index contributed by atoms with van der Waals surface area (Å²) in [6.07, 6.45) is 2.54. The lowest BCUT2D eigenvalue weighted by Gasteiger charge is -2.27. The van der Waals surface area contributed by atoms with Crippen molar-refractivity contribution >= 4 is 46.9 Å². The molecule has 4 rings (SSSR count). The highest BCUT2D eigenvalue weighted by Gasteiger charge is 2.27. The summed E-state index contributed by atoms with van der Waals surface area (Å²) in [7, 11) is 3.33. The van der Waals surface area contributed by atoms with Crippen molar-refractivity contribution < 1.29 is 14.3 Å². The van der Waals surface area contributed by atoms with Crippen LogP contribution in [0.5, 0.6) is 5.75 Å². The maximum Gasteiger partial charge on any atom is 0.264 e. The van der Waals surface area contributed by atoms with Crippen molar-refractivity contribution in [2.75, 3.05) is 25.6 Å². The van der Waals surface area contributed by atoms with Crippen LogP contribution < -0.4 is 15.0 Å². The van der Waals surface area contributed by atoms with E-state index in [0.717, 1.165) is 16.0 Å². The first kappa shape index (κ1) is 23.0. The van der Waals surface area contributed by atoms with Crippen molar-refractivity contribution in [1.82, 2.24) is 5.32 Å². The highest BCUT2D eigenvalue weighted by atomic mass is 35.5. The fourth-order valence-electron chi connectivity index (χ4n) is 3.54. The molecule has 0 atom stereocenters. The van der Waals surface area contributed by atoms with Crippen LogP contribution in [0, 0.1) is 0 Å². The maximum atomic E-state index is 13.0. The number of methoxy groups -OCH3 is 1. The molecule has 1 N–H and O–H groups in total. The van der Waals surface area contributed by atoms with Crippen molar-refractivity contribution in [1.29, 1.82) is 0 Å². The first-order valence-electron chi connectivity index (χ1n) is 10.4. The molecule has 0 bridgehead atoms. The Labute approximate surface area is 202 Å². The van der Waals surface area contributed by atoms with Gasteiger partial charge in [-0.05, 0) is 54.5 Å². The Morgan fingerprint density at radius 1 is 1.12 bits per heavy atom. The van der Waals surface area contributed by atoms with Crippen LogP contribution in [0.15, 0.2) is 76.5 Å². The van der Waals surface area contributed by atoms with E-state index in [-0.39, 0.29) is 11.8 Å². The second kappa shape index (κ2) is 10.1. The van der Waals surface area contributed by atoms with Gasteiger partial charge in [0.05, 0.1) is 17.7 Å². The summed E-state index contributed by atoms with van der Waals surface area (Å²) < 4.78 is 5.40. The molecule has 2 amide bonds. The number of anilines is 1. The van der Waals surface area contributed by atoms with Gasteiger partial charge in [0.2, 0.25) is 0 Å². The van der Waals surface area contributed by atoms with Gasteiger partial charge >= 0.3 is 0 Å². The van der Waals surface area contributed by atoms with E-state index in [1.165, 1.54) is 11.8 Å². The number of likely N-dealkylation sites (N-methyl/N-ethyl adjacent to an activating group) is 1. The fraction of sp³-hybridized carbons (Fsp3) is 0.154. The first-order valence-corrected chi connectivity index (χ1v) is 11.6. The topological polar surface area (TPSA) is 58.6 Å². The normalized spacial score (nSPS) is 14.2. The van der Waals surface area contributed by atoms with E-state index in [9.17, 15) is 9.59 Å². The van der Waals surface area contributed by atoms with Gasteiger partial charge in [0.15, 0.2) is 0 Å². The Morgan fingerprint density at radius 2 is 1.88 bits per heavy atom. The zero-order valence-corrected chi connectivity index (χ0v) is 19.9. The van der Waals surface area contributed by atoms with E-state index in [4.69, 9.17) is 16.3 Å². The molecule has 1 heterocycles. The number of nitrogens with one attached hydrogen (secondary N) is 1. The highest BCUT2D eigenvalue weighted by Crippen LogP contribution is 2.42. The lowest BCUT2D eigenvalue weighted by molar-refractivity contribution is -0.114. The van der Waals surface area contributed by atoms with E-state index < -0.39 is 0 Å². The summed E-state index contributed by atoms with van der Waals surface area (Å²) in [5, 5.41) is 3.63. The van der Waals surface area contributed by atoms with Crippen molar-refractivity contribution in [3.63, 3.8) is 0 Å². The van der Waals surface area contributed by atoms with E-state index in [1.54, 1.807) is 31.2 Å². The molecule has 3 aromatic rings. The number of hydrogen-bond donors (Lipinski definition) is 1. The predicted molar refractivity (Wildman–Crippen MR) is 134 cm³/mol. The minimum Gasteiger partial charge on any atom is -0.496 e. The molecular formula is C26H23ClN2O3S. The molecule has 33 heavy (non-hydrogen) atoms. The number of benzene rings is 3. The van der Waals surface area contributed by atoms with Crippen LogP contribution >= 0.6 is 23.4 Å². The zero-order chi connectivity index (χ0) is 23.4. The predicted octanol–water partition coefficient (Wildman–Crippen LogP) is 5.43. The van der Waals surface area contributed by atoms with Crippen LogP contribution in [0.3, 0.4) is 0 Å². The molecule has 0 aliphatic carbocycles. The van der Waals surface area contributed by atoms with Gasteiger partial charge in [-0.2, -0.15) is 0 Å². The molecule has 168 valence electrons. The van der Waals surface area contributed by atoms with Crippen LogP contribution in [0.1, 0.15) is 21.5 Å². The highest BCUT2D eigenvalue weighted by molar-refractivity contribution is 8.04. The maximum absolute atomic E-state index is 13.0. The second-order valence-electron chi connectivity index (χ2n) is 7.53. The fourth-order valence-corrected chi connectivity index (χ4v) is 4.75. The number of nitrogens with zero attached hydrogens (tertiary/aromatic N) is 1. The van der Waals surface area contributed by atoms with Gasteiger partial charge < -0.3 is 15.0 Å². The van der Waals surface area contributed by atoms with E-state index >= 15 is 0 Å². The number of thioether (sulfide) groups is 1. The van der Waals surface area contributed by atoms with E-state index in [2.05, 4.69) is 5.32 Å². The number of para-hydroxylation sites is 1. The Balaban J connectivity index is 1.48. The molecule has 0 radical (unpaired) electrons. The Hall–Kier alpha value is -3.22. The molecule has 5 nitrogen and oxygen atoms in total. The summed E-state index contributed by atoms with van der Waals surface area (Å²) >= 11 is 7.30. The second-order valence-corrected chi connectivity index (χ2v) is 9.05. The van der Waals surface area contributed by atoms with Crippen molar-refractivity contribution in [3.8, 4) is 5.75 Å². The number of ether oxygens (including phenoxy) is 1. The molecule has 0 saturated heterocycles. The third-order valence-corrected chi connectivity index (χ3v) is 6.69. The number of hydrogen-bond acceptors (Lipinski definition) is 4. The van der Waals surface area contributed by atoms with Crippen LogP contribution in [-0.2, 0) is 11.2 Å². The van der Waals surface area contributed by atoms with Crippen LogP contribution in [0.4, 0.5) is 5.69 Å².